The molecule has 0 spiro atoms. The van der Waals surface area contributed by atoms with Gasteiger partial charge in [-0.05, 0) is 74.2 Å². The quantitative estimate of drug-likeness (QED) is 0.393. The van der Waals surface area contributed by atoms with Crippen molar-refractivity contribution in [1.82, 2.24) is 15.5 Å². The Morgan fingerprint density at radius 3 is 2.42 bits per heavy atom. The van der Waals surface area contributed by atoms with Crippen molar-refractivity contribution in [3.8, 4) is 11.5 Å². The lowest BCUT2D eigenvalue weighted by Gasteiger charge is -2.26. The zero-order valence-electron chi connectivity index (χ0n) is 16.5. The Kier molecular flexibility index (Phi) is 5.42. The van der Waals surface area contributed by atoms with E-state index >= 15 is 0 Å². The highest BCUT2D eigenvalue weighted by molar-refractivity contribution is 6.31. The van der Waals surface area contributed by atoms with Crippen molar-refractivity contribution in [2.24, 2.45) is 0 Å². The average molecular weight is 456 g/mol. The van der Waals surface area contributed by atoms with Crippen molar-refractivity contribution < 1.29 is 13.6 Å². The number of furan rings is 1. The van der Waals surface area contributed by atoms with Crippen molar-refractivity contribution in [2.75, 3.05) is 0 Å². The Morgan fingerprint density at radius 2 is 1.65 bits per heavy atom. The molecule has 1 fully saturated rings. The second-order valence-electron chi connectivity index (χ2n) is 7.77. The number of hydrogen-bond acceptors (Lipinski definition) is 5. The van der Waals surface area contributed by atoms with Gasteiger partial charge in [-0.2, -0.15) is 0 Å². The lowest BCUT2D eigenvalue weighted by atomic mass is 9.86. The van der Waals surface area contributed by atoms with Gasteiger partial charge in [-0.3, -0.25) is 4.79 Å². The molecule has 2 aromatic heterocycles. The van der Waals surface area contributed by atoms with Crippen LogP contribution in [0.15, 0.2) is 57.4 Å². The van der Waals surface area contributed by atoms with Gasteiger partial charge in [-0.15, -0.1) is 10.2 Å². The van der Waals surface area contributed by atoms with Crippen molar-refractivity contribution >= 4 is 40.1 Å². The van der Waals surface area contributed by atoms with E-state index in [4.69, 9.17) is 32.0 Å². The van der Waals surface area contributed by atoms with Gasteiger partial charge in [0.05, 0.1) is 0 Å². The number of rotatable bonds is 4. The molecule has 0 atom stereocenters. The highest BCUT2D eigenvalue weighted by atomic mass is 35.5. The number of fused-ring (bicyclic) bond motifs is 1. The van der Waals surface area contributed by atoms with Gasteiger partial charge in [0.15, 0.2) is 5.76 Å². The Hall–Kier alpha value is -2.83. The summed E-state index contributed by atoms with van der Waals surface area (Å²) in [6.45, 7) is 0. The maximum Gasteiger partial charge on any atom is 0.287 e. The number of hydrogen-bond donors (Lipinski definition) is 1. The normalized spacial score (nSPS) is 18.9. The van der Waals surface area contributed by atoms with E-state index in [2.05, 4.69) is 15.5 Å². The largest absolute Gasteiger partial charge is 0.451 e. The summed E-state index contributed by atoms with van der Waals surface area (Å²) in [5.41, 5.74) is 1.49. The molecule has 4 aromatic rings. The summed E-state index contributed by atoms with van der Waals surface area (Å²) in [6.07, 6.45) is 3.40. The molecule has 6 nitrogen and oxygen atoms in total. The molecule has 158 valence electrons. The summed E-state index contributed by atoms with van der Waals surface area (Å²) in [5.74, 6) is 1.41. The van der Waals surface area contributed by atoms with Crippen LogP contribution in [0.4, 0.5) is 0 Å². The Morgan fingerprint density at radius 1 is 0.903 bits per heavy atom. The van der Waals surface area contributed by atoms with Gasteiger partial charge in [0, 0.05) is 33.0 Å². The molecule has 1 aliphatic rings. The third kappa shape index (κ3) is 4.31. The molecule has 1 N–H and O–H groups in total. The summed E-state index contributed by atoms with van der Waals surface area (Å²) >= 11 is 11.9. The van der Waals surface area contributed by atoms with Crippen LogP contribution in [0.5, 0.6) is 0 Å². The van der Waals surface area contributed by atoms with Crippen LogP contribution in [0.2, 0.25) is 10.0 Å². The van der Waals surface area contributed by atoms with Gasteiger partial charge < -0.3 is 14.2 Å². The van der Waals surface area contributed by atoms with Crippen molar-refractivity contribution in [3.05, 3.63) is 70.2 Å². The molecule has 0 aliphatic heterocycles. The van der Waals surface area contributed by atoms with E-state index in [9.17, 15) is 4.79 Å². The van der Waals surface area contributed by atoms with Gasteiger partial charge in [-0.25, -0.2) is 0 Å². The molecule has 5 rings (SSSR count). The van der Waals surface area contributed by atoms with Crippen LogP contribution in [0, 0.1) is 0 Å². The minimum Gasteiger partial charge on any atom is -0.451 e. The lowest BCUT2D eigenvalue weighted by Crippen LogP contribution is -2.37. The lowest BCUT2D eigenvalue weighted by molar-refractivity contribution is 0.0899. The summed E-state index contributed by atoms with van der Waals surface area (Å²) in [4.78, 5) is 12.6. The number of amides is 1. The first-order valence-electron chi connectivity index (χ1n) is 10.1. The third-order valence-electron chi connectivity index (χ3n) is 5.65. The fraction of sp³-hybridized carbons (Fsp3) is 0.261. The van der Waals surface area contributed by atoms with Crippen molar-refractivity contribution in [1.29, 1.82) is 0 Å². The van der Waals surface area contributed by atoms with E-state index in [1.54, 1.807) is 36.4 Å². The van der Waals surface area contributed by atoms with E-state index in [0.29, 0.717) is 33.2 Å². The smallest absolute Gasteiger partial charge is 0.287 e. The van der Waals surface area contributed by atoms with Crippen LogP contribution in [-0.2, 0) is 0 Å². The highest BCUT2D eigenvalue weighted by Gasteiger charge is 2.28. The van der Waals surface area contributed by atoms with Gasteiger partial charge in [-0.1, -0.05) is 23.2 Å². The van der Waals surface area contributed by atoms with Gasteiger partial charge >= 0.3 is 0 Å². The van der Waals surface area contributed by atoms with E-state index < -0.39 is 0 Å². The van der Waals surface area contributed by atoms with E-state index in [0.717, 1.165) is 36.6 Å². The van der Waals surface area contributed by atoms with E-state index in [1.165, 1.54) is 0 Å². The first-order valence-corrected chi connectivity index (χ1v) is 10.9. The standard InChI is InChI=1S/C23H19Cl2N3O3/c24-16-5-1-13(2-6-16)22-27-28-23(31-22)14-3-8-18(9-4-14)26-21(29)20-12-15-11-17(25)7-10-19(15)30-20/h1-2,5-7,10-12,14,18H,3-4,8-9H2,(H,26,29). The SMILES string of the molecule is O=C(NC1CCC(c2nnc(-c3ccc(Cl)cc3)o2)CC1)c1cc2cc(Cl)ccc2o1. The second-order valence-corrected chi connectivity index (χ2v) is 8.64. The minimum absolute atomic E-state index is 0.0826. The zero-order chi connectivity index (χ0) is 21.4. The fourth-order valence-electron chi connectivity index (χ4n) is 3.98. The summed E-state index contributed by atoms with van der Waals surface area (Å²) in [7, 11) is 0. The van der Waals surface area contributed by atoms with Crippen molar-refractivity contribution in [2.45, 2.75) is 37.6 Å². The zero-order valence-corrected chi connectivity index (χ0v) is 18.0. The second kappa shape index (κ2) is 8.36. The molecule has 0 unspecified atom stereocenters. The molecule has 0 bridgehead atoms. The minimum atomic E-state index is -0.210. The fourth-order valence-corrected chi connectivity index (χ4v) is 4.28. The molecule has 1 amide bonds. The monoisotopic (exact) mass is 455 g/mol. The maximum atomic E-state index is 12.6. The Bertz CT molecular complexity index is 1220. The number of carbonyl (C=O) groups excluding carboxylic acids is 1. The predicted octanol–water partition coefficient (Wildman–Crippen LogP) is 6.25. The molecule has 1 saturated carbocycles. The third-order valence-corrected chi connectivity index (χ3v) is 6.13. The van der Waals surface area contributed by atoms with Crippen LogP contribution >= 0.6 is 23.2 Å². The summed E-state index contributed by atoms with van der Waals surface area (Å²) in [5, 5.41) is 13.6. The topological polar surface area (TPSA) is 81.2 Å². The molecular weight excluding hydrogens is 437 g/mol. The molecule has 0 radical (unpaired) electrons. The number of benzene rings is 2. The van der Waals surface area contributed by atoms with Gasteiger partial charge in [0.1, 0.15) is 5.58 Å². The number of halogens is 2. The van der Waals surface area contributed by atoms with E-state index in [1.807, 2.05) is 12.1 Å². The predicted molar refractivity (Wildman–Crippen MR) is 118 cm³/mol. The van der Waals surface area contributed by atoms with Crippen LogP contribution in [-0.4, -0.2) is 22.1 Å². The van der Waals surface area contributed by atoms with Crippen LogP contribution in [0.1, 0.15) is 48.0 Å². The molecule has 31 heavy (non-hydrogen) atoms. The Labute approximate surface area is 188 Å². The van der Waals surface area contributed by atoms with Gasteiger partial charge in [0.25, 0.3) is 5.91 Å². The molecule has 2 aromatic carbocycles. The summed E-state index contributed by atoms with van der Waals surface area (Å²) < 4.78 is 11.6. The molecule has 2 heterocycles. The van der Waals surface area contributed by atoms with Gasteiger partial charge in [0.2, 0.25) is 11.8 Å². The molecule has 0 saturated heterocycles. The first kappa shape index (κ1) is 20.1. The maximum absolute atomic E-state index is 12.6. The number of carbonyl (C=O) groups is 1. The van der Waals surface area contributed by atoms with Crippen LogP contribution in [0.3, 0.4) is 0 Å². The van der Waals surface area contributed by atoms with E-state index in [-0.39, 0.29) is 17.9 Å². The van der Waals surface area contributed by atoms with Crippen molar-refractivity contribution in [3.63, 3.8) is 0 Å². The Balaban J connectivity index is 1.19. The number of nitrogens with zero attached hydrogens (tertiary/aromatic N) is 2. The van der Waals surface area contributed by atoms with Crippen LogP contribution < -0.4 is 5.32 Å². The molecular formula is C23H19Cl2N3O3. The first-order chi connectivity index (χ1) is 15.0. The molecule has 1 aliphatic carbocycles. The summed E-state index contributed by atoms with van der Waals surface area (Å²) in [6, 6.07) is 14.4. The molecule has 8 heteroatoms. The number of aromatic nitrogens is 2. The van der Waals surface area contributed by atoms with Crippen LogP contribution in [0.25, 0.3) is 22.4 Å². The number of nitrogens with one attached hydrogen (secondary N) is 1. The average Bonchev–Trinajstić information content (AvgIpc) is 3.42. The highest BCUT2D eigenvalue weighted by Crippen LogP contribution is 2.34.